The number of hydrogen-bond donors (Lipinski definition) is 1. The smallest absolute Gasteiger partial charge is 0.211 e. The van der Waals surface area contributed by atoms with Crippen molar-refractivity contribution in [2.45, 2.75) is 25.2 Å². The summed E-state index contributed by atoms with van der Waals surface area (Å²) in [6.07, 6.45) is 1.96. The van der Waals surface area contributed by atoms with E-state index in [4.69, 9.17) is 9.47 Å². The van der Waals surface area contributed by atoms with E-state index in [9.17, 15) is 8.42 Å². The van der Waals surface area contributed by atoms with Crippen LogP contribution in [0.4, 0.5) is 0 Å². The molecule has 0 aromatic heterocycles. The fourth-order valence-electron chi connectivity index (χ4n) is 2.23. The molecule has 1 aliphatic carbocycles. The molecule has 0 aliphatic heterocycles. The van der Waals surface area contributed by atoms with E-state index in [0.29, 0.717) is 18.0 Å². The number of benzene rings is 1. The van der Waals surface area contributed by atoms with Gasteiger partial charge in [-0.2, -0.15) is 0 Å². The fraction of sp³-hybridized carbons (Fsp3) is 0.571. The zero-order valence-electron chi connectivity index (χ0n) is 12.1. The third-order valence-corrected chi connectivity index (χ3v) is 5.20. The summed E-state index contributed by atoms with van der Waals surface area (Å²) in [6.45, 7) is 2.08. The van der Waals surface area contributed by atoms with Crippen LogP contribution in [0.15, 0.2) is 18.2 Å². The highest BCUT2D eigenvalue weighted by atomic mass is 32.2. The van der Waals surface area contributed by atoms with Gasteiger partial charge in [-0.15, -0.1) is 0 Å². The molecular weight excluding hydrogens is 278 g/mol. The summed E-state index contributed by atoms with van der Waals surface area (Å²) in [7, 11) is 0.0401. The molecule has 0 amide bonds. The number of hydrogen-bond acceptors (Lipinski definition) is 4. The Bertz CT molecular complexity index is 579. The summed E-state index contributed by atoms with van der Waals surface area (Å²) in [5, 5.41) is 0. The lowest BCUT2D eigenvalue weighted by molar-refractivity contribution is 0.354. The fourth-order valence-corrected chi connectivity index (χ4v) is 2.93. The zero-order chi connectivity index (χ0) is 14.8. The monoisotopic (exact) mass is 299 g/mol. The van der Waals surface area contributed by atoms with Crippen LogP contribution < -0.4 is 14.2 Å². The molecule has 0 saturated heterocycles. The minimum absolute atomic E-state index is 0.0954. The molecule has 20 heavy (non-hydrogen) atoms. The second-order valence-electron chi connectivity index (χ2n) is 5.07. The van der Waals surface area contributed by atoms with Gasteiger partial charge in [0.2, 0.25) is 10.0 Å². The van der Waals surface area contributed by atoms with Crippen molar-refractivity contribution in [2.75, 3.05) is 26.5 Å². The minimum Gasteiger partial charge on any atom is -0.493 e. The van der Waals surface area contributed by atoms with Gasteiger partial charge in [0.25, 0.3) is 0 Å². The second-order valence-corrected chi connectivity index (χ2v) is 7.17. The Kier molecular flexibility index (Phi) is 4.25. The lowest BCUT2D eigenvalue weighted by Gasteiger charge is -2.18. The van der Waals surface area contributed by atoms with Gasteiger partial charge in [-0.3, -0.25) is 0 Å². The van der Waals surface area contributed by atoms with Crippen molar-refractivity contribution in [3.63, 3.8) is 0 Å². The molecule has 1 aliphatic rings. The molecule has 0 heterocycles. The molecule has 1 aromatic carbocycles. The van der Waals surface area contributed by atoms with Crippen molar-refractivity contribution in [2.24, 2.45) is 0 Å². The van der Waals surface area contributed by atoms with Crippen molar-refractivity contribution < 1.29 is 17.9 Å². The van der Waals surface area contributed by atoms with Crippen LogP contribution in [0.3, 0.4) is 0 Å². The maximum absolute atomic E-state index is 11.6. The van der Waals surface area contributed by atoms with E-state index in [0.717, 1.165) is 18.4 Å². The van der Waals surface area contributed by atoms with Crippen molar-refractivity contribution in [1.29, 1.82) is 0 Å². The molecule has 5 nitrogen and oxygen atoms in total. The van der Waals surface area contributed by atoms with E-state index in [1.165, 1.54) is 0 Å². The van der Waals surface area contributed by atoms with E-state index in [-0.39, 0.29) is 11.2 Å². The topological polar surface area (TPSA) is 64.6 Å². The van der Waals surface area contributed by atoms with Gasteiger partial charge >= 0.3 is 0 Å². The van der Waals surface area contributed by atoms with Crippen LogP contribution in [0.5, 0.6) is 11.5 Å². The van der Waals surface area contributed by atoms with Crippen molar-refractivity contribution in [3.05, 3.63) is 23.8 Å². The van der Waals surface area contributed by atoms with Crippen LogP contribution in [0, 0.1) is 0 Å². The number of sulfonamides is 1. The van der Waals surface area contributed by atoms with Crippen LogP contribution in [0.25, 0.3) is 0 Å². The highest BCUT2D eigenvalue weighted by molar-refractivity contribution is 7.89. The normalized spacial score (nSPS) is 16.8. The SMILES string of the molecule is CCS(=O)(=O)NCC1(c2ccc(OC)c(OC)c2)CC1. The Morgan fingerprint density at radius 1 is 1.20 bits per heavy atom. The predicted octanol–water partition coefficient (Wildman–Crippen LogP) is 1.67. The maximum Gasteiger partial charge on any atom is 0.211 e. The van der Waals surface area contributed by atoms with Crippen LogP contribution in [-0.4, -0.2) is 34.9 Å². The summed E-state index contributed by atoms with van der Waals surface area (Å²) in [5.41, 5.74) is 0.996. The molecule has 0 radical (unpaired) electrons. The van der Waals surface area contributed by atoms with Gasteiger partial charge in [0.1, 0.15) is 0 Å². The first kappa shape index (κ1) is 15.1. The van der Waals surface area contributed by atoms with Crippen molar-refractivity contribution >= 4 is 10.0 Å². The minimum atomic E-state index is -3.16. The van der Waals surface area contributed by atoms with Crippen LogP contribution in [0.1, 0.15) is 25.3 Å². The van der Waals surface area contributed by atoms with Gasteiger partial charge in [-0.25, -0.2) is 13.1 Å². The predicted molar refractivity (Wildman–Crippen MR) is 77.9 cm³/mol. The molecule has 1 saturated carbocycles. The largest absolute Gasteiger partial charge is 0.493 e. The van der Waals surface area contributed by atoms with E-state index >= 15 is 0 Å². The van der Waals surface area contributed by atoms with E-state index in [1.807, 2.05) is 18.2 Å². The standard InChI is InChI=1S/C14H21NO4S/c1-4-20(16,17)15-10-14(7-8-14)11-5-6-12(18-2)13(9-11)19-3/h5-6,9,15H,4,7-8,10H2,1-3H3. The third kappa shape index (κ3) is 3.07. The number of rotatable bonds is 7. The molecule has 0 unspecified atom stereocenters. The summed E-state index contributed by atoms with van der Waals surface area (Å²) < 4.78 is 36.3. The Morgan fingerprint density at radius 2 is 1.85 bits per heavy atom. The highest BCUT2D eigenvalue weighted by Gasteiger charge is 2.45. The first-order chi connectivity index (χ1) is 9.46. The zero-order valence-corrected chi connectivity index (χ0v) is 12.9. The molecule has 2 rings (SSSR count). The Balaban J connectivity index is 2.18. The Hall–Kier alpha value is -1.27. The first-order valence-electron chi connectivity index (χ1n) is 6.66. The van der Waals surface area contributed by atoms with Gasteiger partial charge in [-0.1, -0.05) is 6.07 Å². The maximum atomic E-state index is 11.6. The number of methoxy groups -OCH3 is 2. The Morgan fingerprint density at radius 3 is 2.35 bits per heavy atom. The molecular formula is C14H21NO4S. The van der Waals surface area contributed by atoms with Gasteiger partial charge in [-0.05, 0) is 37.5 Å². The van der Waals surface area contributed by atoms with Crippen molar-refractivity contribution in [1.82, 2.24) is 4.72 Å². The molecule has 1 N–H and O–H groups in total. The van der Waals surface area contributed by atoms with Gasteiger partial charge in [0.05, 0.1) is 20.0 Å². The van der Waals surface area contributed by atoms with Gasteiger partial charge in [0.15, 0.2) is 11.5 Å². The summed E-state index contributed by atoms with van der Waals surface area (Å²) in [5.74, 6) is 1.46. The van der Waals surface area contributed by atoms with Gasteiger partial charge in [0, 0.05) is 12.0 Å². The van der Waals surface area contributed by atoms with E-state index in [1.54, 1.807) is 21.1 Å². The second kappa shape index (κ2) is 5.61. The van der Waals surface area contributed by atoms with Crippen molar-refractivity contribution in [3.8, 4) is 11.5 Å². The third-order valence-electron chi connectivity index (χ3n) is 3.86. The molecule has 1 aromatic rings. The molecule has 112 valence electrons. The average Bonchev–Trinajstić information content (AvgIpc) is 3.26. The molecule has 0 atom stereocenters. The van der Waals surface area contributed by atoms with Crippen LogP contribution in [0.2, 0.25) is 0 Å². The Labute approximate surface area is 120 Å². The summed E-state index contributed by atoms with van der Waals surface area (Å²) in [6, 6.07) is 5.78. The van der Waals surface area contributed by atoms with Crippen LogP contribution in [-0.2, 0) is 15.4 Å². The summed E-state index contributed by atoms with van der Waals surface area (Å²) >= 11 is 0. The van der Waals surface area contributed by atoms with Crippen LogP contribution >= 0.6 is 0 Å². The van der Waals surface area contributed by atoms with E-state index in [2.05, 4.69) is 4.72 Å². The summed E-state index contributed by atoms with van der Waals surface area (Å²) in [4.78, 5) is 0. The quantitative estimate of drug-likeness (QED) is 0.832. The lowest BCUT2D eigenvalue weighted by atomic mass is 9.96. The number of nitrogens with one attached hydrogen (secondary N) is 1. The lowest BCUT2D eigenvalue weighted by Crippen LogP contribution is -2.33. The molecule has 1 fully saturated rings. The average molecular weight is 299 g/mol. The highest BCUT2D eigenvalue weighted by Crippen LogP contribution is 2.49. The number of ether oxygens (including phenoxy) is 2. The molecule has 0 spiro atoms. The first-order valence-corrected chi connectivity index (χ1v) is 8.31. The van der Waals surface area contributed by atoms with Gasteiger partial charge < -0.3 is 9.47 Å². The molecule has 6 heteroatoms. The molecule has 0 bridgehead atoms. The van der Waals surface area contributed by atoms with E-state index < -0.39 is 10.0 Å².